The van der Waals surface area contributed by atoms with Crippen LogP contribution in [0.5, 0.6) is 0 Å². The van der Waals surface area contributed by atoms with E-state index in [4.69, 9.17) is 11.6 Å². The van der Waals surface area contributed by atoms with Gasteiger partial charge in [0.05, 0.1) is 10.6 Å². The van der Waals surface area contributed by atoms with E-state index in [1.165, 1.54) is 29.2 Å². The average molecular weight is 650 g/mol. The van der Waals surface area contributed by atoms with Gasteiger partial charge in [0, 0.05) is 24.5 Å². The van der Waals surface area contributed by atoms with Gasteiger partial charge in [-0.15, -0.1) is 0 Å². The van der Waals surface area contributed by atoms with Crippen LogP contribution in [0.1, 0.15) is 30.5 Å². The molecule has 0 aliphatic heterocycles. The number of rotatable bonds is 13. The zero-order valence-electron chi connectivity index (χ0n) is 25.5. The molecule has 10 heteroatoms. The van der Waals surface area contributed by atoms with Crippen LogP contribution in [-0.4, -0.2) is 44.3 Å². The lowest BCUT2D eigenvalue weighted by atomic mass is 10.0. The largest absolute Gasteiger partial charge is 0.354 e. The third kappa shape index (κ3) is 8.93. The van der Waals surface area contributed by atoms with Crippen LogP contribution >= 0.6 is 11.6 Å². The molecule has 45 heavy (non-hydrogen) atoms. The van der Waals surface area contributed by atoms with Crippen LogP contribution in [0.15, 0.2) is 108 Å². The van der Waals surface area contributed by atoms with Gasteiger partial charge in [-0.3, -0.25) is 13.9 Å². The predicted octanol–water partition coefficient (Wildman–Crippen LogP) is 6.40. The molecule has 0 aromatic heterocycles. The number of carbonyl (C=O) groups is 2. The van der Waals surface area contributed by atoms with Crippen LogP contribution in [0.2, 0.25) is 5.02 Å². The van der Waals surface area contributed by atoms with Crippen molar-refractivity contribution in [3.05, 3.63) is 131 Å². The Morgan fingerprint density at radius 1 is 0.867 bits per heavy atom. The van der Waals surface area contributed by atoms with Gasteiger partial charge >= 0.3 is 0 Å². The van der Waals surface area contributed by atoms with Crippen molar-refractivity contribution in [2.75, 3.05) is 17.4 Å². The molecule has 4 rings (SSSR count). The van der Waals surface area contributed by atoms with Crippen molar-refractivity contribution in [1.82, 2.24) is 10.2 Å². The van der Waals surface area contributed by atoms with E-state index < -0.39 is 34.3 Å². The first-order chi connectivity index (χ1) is 21.5. The van der Waals surface area contributed by atoms with Gasteiger partial charge in [-0.2, -0.15) is 0 Å². The summed E-state index contributed by atoms with van der Waals surface area (Å²) < 4.78 is 42.9. The van der Waals surface area contributed by atoms with Crippen molar-refractivity contribution in [2.24, 2.45) is 5.92 Å². The maximum atomic E-state index is 14.4. The smallest absolute Gasteiger partial charge is 0.264 e. The summed E-state index contributed by atoms with van der Waals surface area (Å²) >= 11 is 6.52. The number of benzene rings is 4. The quantitative estimate of drug-likeness (QED) is 0.182. The lowest BCUT2D eigenvalue weighted by molar-refractivity contribution is -0.140. The molecule has 0 fully saturated rings. The number of anilines is 1. The maximum absolute atomic E-state index is 14.4. The average Bonchev–Trinajstić information content (AvgIpc) is 3.02. The molecule has 1 unspecified atom stereocenters. The number of carbonyl (C=O) groups excluding carboxylic acids is 2. The molecule has 0 spiro atoms. The lowest BCUT2D eigenvalue weighted by Gasteiger charge is -2.34. The number of hydrogen-bond acceptors (Lipinski definition) is 4. The van der Waals surface area contributed by atoms with Gasteiger partial charge in [0.15, 0.2) is 0 Å². The molecule has 0 radical (unpaired) electrons. The van der Waals surface area contributed by atoms with E-state index in [1.54, 1.807) is 36.4 Å². The molecule has 7 nitrogen and oxygen atoms in total. The lowest BCUT2D eigenvalue weighted by Crippen LogP contribution is -2.53. The highest BCUT2D eigenvalue weighted by atomic mass is 35.5. The van der Waals surface area contributed by atoms with Gasteiger partial charge < -0.3 is 10.2 Å². The molecule has 0 heterocycles. The molecule has 4 aromatic carbocycles. The summed E-state index contributed by atoms with van der Waals surface area (Å²) in [4.78, 5) is 29.6. The standard InChI is InChI=1S/C35H37ClFN3O4S/c1-25(2)22-38-35(42)33(21-27-9-5-4-6-10-27)39(23-28-11-7-8-12-32(28)36)34(41)24-40(30-17-15-29(37)16-18-30)45(43,44)31-19-13-26(3)14-20-31/h4-20,25,33H,21-24H2,1-3H3,(H,38,42). The van der Waals surface area contributed by atoms with Gasteiger partial charge in [-0.25, -0.2) is 12.8 Å². The number of sulfonamides is 1. The first-order valence-corrected chi connectivity index (χ1v) is 16.5. The van der Waals surface area contributed by atoms with Crippen molar-refractivity contribution < 1.29 is 22.4 Å². The van der Waals surface area contributed by atoms with Gasteiger partial charge in [-0.05, 0) is 66.4 Å². The van der Waals surface area contributed by atoms with E-state index in [9.17, 15) is 22.4 Å². The normalized spacial score (nSPS) is 12.0. The predicted molar refractivity (Wildman–Crippen MR) is 176 cm³/mol. The summed E-state index contributed by atoms with van der Waals surface area (Å²) in [7, 11) is -4.28. The van der Waals surface area contributed by atoms with Crippen LogP contribution in [-0.2, 0) is 32.6 Å². The molecule has 1 atom stereocenters. The summed E-state index contributed by atoms with van der Waals surface area (Å²) in [5.41, 5.74) is 2.38. The molecule has 1 N–H and O–H groups in total. The SMILES string of the molecule is Cc1ccc(S(=O)(=O)N(CC(=O)N(Cc2ccccc2Cl)C(Cc2ccccc2)C(=O)NCC(C)C)c2ccc(F)cc2)cc1. The highest BCUT2D eigenvalue weighted by Gasteiger charge is 2.35. The van der Waals surface area contributed by atoms with Gasteiger partial charge in [0.2, 0.25) is 11.8 Å². The molecule has 0 bridgehead atoms. The van der Waals surface area contributed by atoms with E-state index in [0.29, 0.717) is 17.1 Å². The van der Waals surface area contributed by atoms with Crippen molar-refractivity contribution >= 4 is 39.1 Å². The third-order valence-electron chi connectivity index (χ3n) is 7.26. The minimum atomic E-state index is -4.28. The van der Waals surface area contributed by atoms with E-state index in [1.807, 2.05) is 51.1 Å². The summed E-state index contributed by atoms with van der Waals surface area (Å²) in [5.74, 6) is -1.39. The number of nitrogens with zero attached hydrogens (tertiary/aromatic N) is 2. The van der Waals surface area contributed by atoms with Crippen LogP contribution in [0.3, 0.4) is 0 Å². The Morgan fingerprint density at radius 3 is 2.11 bits per heavy atom. The van der Waals surface area contributed by atoms with Gasteiger partial charge in [-0.1, -0.05) is 91.7 Å². The van der Waals surface area contributed by atoms with Crippen molar-refractivity contribution in [2.45, 2.75) is 44.7 Å². The minimum absolute atomic E-state index is 0.0293. The maximum Gasteiger partial charge on any atom is 0.264 e. The Hall–Kier alpha value is -4.21. The Morgan fingerprint density at radius 2 is 1.49 bits per heavy atom. The van der Waals surface area contributed by atoms with Crippen molar-refractivity contribution in [3.8, 4) is 0 Å². The van der Waals surface area contributed by atoms with Crippen LogP contribution in [0.25, 0.3) is 0 Å². The Labute approximate surface area is 269 Å². The number of hydrogen-bond donors (Lipinski definition) is 1. The fourth-order valence-corrected chi connectivity index (χ4v) is 6.37. The summed E-state index contributed by atoms with van der Waals surface area (Å²) in [6.45, 7) is 5.47. The van der Waals surface area contributed by atoms with E-state index in [-0.39, 0.29) is 35.4 Å². The van der Waals surface area contributed by atoms with Crippen molar-refractivity contribution in [3.63, 3.8) is 0 Å². The van der Waals surface area contributed by atoms with E-state index >= 15 is 0 Å². The number of aryl methyl sites for hydroxylation is 1. The van der Waals surface area contributed by atoms with Crippen LogP contribution in [0, 0.1) is 18.7 Å². The van der Waals surface area contributed by atoms with Crippen LogP contribution in [0.4, 0.5) is 10.1 Å². The van der Waals surface area contributed by atoms with E-state index in [2.05, 4.69) is 5.32 Å². The van der Waals surface area contributed by atoms with E-state index in [0.717, 1.165) is 27.6 Å². The highest BCUT2D eigenvalue weighted by molar-refractivity contribution is 7.92. The zero-order valence-corrected chi connectivity index (χ0v) is 27.1. The first kappa shape index (κ1) is 33.7. The summed E-state index contributed by atoms with van der Waals surface area (Å²) in [6, 6.07) is 26.4. The van der Waals surface area contributed by atoms with Gasteiger partial charge in [0.1, 0.15) is 18.4 Å². The molecule has 0 saturated heterocycles. The fraction of sp³-hybridized carbons (Fsp3) is 0.257. The zero-order chi connectivity index (χ0) is 32.6. The minimum Gasteiger partial charge on any atom is -0.354 e. The first-order valence-electron chi connectivity index (χ1n) is 14.6. The molecule has 236 valence electrons. The number of amides is 2. The second-order valence-electron chi connectivity index (χ2n) is 11.3. The topological polar surface area (TPSA) is 86.8 Å². The Balaban J connectivity index is 1.80. The fourth-order valence-electron chi connectivity index (χ4n) is 4.76. The Bertz CT molecular complexity index is 1700. The van der Waals surface area contributed by atoms with Crippen molar-refractivity contribution in [1.29, 1.82) is 0 Å². The molecule has 2 amide bonds. The molecular weight excluding hydrogens is 613 g/mol. The molecule has 4 aromatic rings. The third-order valence-corrected chi connectivity index (χ3v) is 9.41. The summed E-state index contributed by atoms with van der Waals surface area (Å²) in [6.07, 6.45) is 0.183. The second kappa shape index (κ2) is 15.2. The molecule has 0 aliphatic rings. The second-order valence-corrected chi connectivity index (χ2v) is 13.5. The Kier molecular flexibility index (Phi) is 11.4. The van der Waals surface area contributed by atoms with Crippen LogP contribution < -0.4 is 9.62 Å². The number of halogens is 2. The highest BCUT2D eigenvalue weighted by Crippen LogP contribution is 2.26. The molecular formula is C35H37ClFN3O4S. The molecule has 0 aliphatic carbocycles. The number of nitrogens with one attached hydrogen (secondary N) is 1. The summed E-state index contributed by atoms with van der Waals surface area (Å²) in [5, 5.41) is 3.35. The molecule has 0 saturated carbocycles. The monoisotopic (exact) mass is 649 g/mol. The van der Waals surface area contributed by atoms with Gasteiger partial charge in [0.25, 0.3) is 10.0 Å².